The Balaban J connectivity index is 1.77. The number of carbonyl (C=O) groups excluding carboxylic acids is 1. The van der Waals surface area contributed by atoms with E-state index in [9.17, 15) is 9.59 Å². The van der Waals surface area contributed by atoms with Gasteiger partial charge in [-0.1, -0.05) is 0 Å². The Morgan fingerprint density at radius 1 is 1.30 bits per heavy atom. The summed E-state index contributed by atoms with van der Waals surface area (Å²) in [4.78, 5) is 28.8. The van der Waals surface area contributed by atoms with E-state index in [0.29, 0.717) is 5.58 Å². The second kappa shape index (κ2) is 7.53. The zero-order valence-electron chi connectivity index (χ0n) is 15.1. The van der Waals surface area contributed by atoms with Crippen molar-refractivity contribution in [3.05, 3.63) is 43.1 Å². The van der Waals surface area contributed by atoms with Gasteiger partial charge in [0.2, 0.25) is 0 Å². The molecule has 6 nitrogen and oxygen atoms in total. The van der Waals surface area contributed by atoms with Crippen molar-refractivity contribution in [3.8, 4) is 0 Å². The minimum atomic E-state index is -0.674. The molecule has 27 heavy (non-hydrogen) atoms. The third-order valence-electron chi connectivity index (χ3n) is 4.93. The van der Waals surface area contributed by atoms with Crippen LogP contribution in [0, 0.1) is 0 Å². The molecule has 0 spiro atoms. The van der Waals surface area contributed by atoms with Gasteiger partial charge in [-0.05, 0) is 0 Å². The van der Waals surface area contributed by atoms with Gasteiger partial charge in [0.05, 0.1) is 0 Å². The summed E-state index contributed by atoms with van der Waals surface area (Å²) >= 11 is 3.83. The summed E-state index contributed by atoms with van der Waals surface area (Å²) in [6, 6.07) is 5.48. The molecule has 0 saturated carbocycles. The summed E-state index contributed by atoms with van der Waals surface area (Å²) in [6.45, 7) is 5.21. The Kier molecular flexibility index (Phi) is 5.27. The molecule has 0 aliphatic carbocycles. The van der Waals surface area contributed by atoms with Gasteiger partial charge in [0.1, 0.15) is 0 Å². The van der Waals surface area contributed by atoms with Gasteiger partial charge >= 0.3 is 171 Å². The fourth-order valence-electron chi connectivity index (χ4n) is 3.31. The molecule has 3 heterocycles. The fourth-order valence-corrected chi connectivity index (χ4v) is 7.06. The predicted octanol–water partition coefficient (Wildman–Crippen LogP) is 2.30. The van der Waals surface area contributed by atoms with Gasteiger partial charge in [0.25, 0.3) is 0 Å². The number of likely N-dealkylation sites (N-methyl/N-ethyl adjacent to an activating group) is 1. The van der Waals surface area contributed by atoms with Crippen LogP contribution < -0.4 is 5.63 Å². The van der Waals surface area contributed by atoms with Crippen LogP contribution in [0.2, 0.25) is 0 Å². The number of rotatable bonds is 3. The molecule has 1 aromatic carbocycles. The molecular formula is C19H19BrN2O4Se. The topological polar surface area (TPSA) is 63.0 Å². The maximum absolute atomic E-state index is 12.2. The van der Waals surface area contributed by atoms with Crippen LogP contribution in [0.15, 0.2) is 31.9 Å². The Labute approximate surface area is 170 Å². The average molecular weight is 498 g/mol. The normalized spacial score (nSPS) is 16.3. The number of benzene rings is 1. The van der Waals surface area contributed by atoms with Crippen molar-refractivity contribution in [1.82, 2.24) is 9.80 Å². The molecular weight excluding hydrogens is 479 g/mol. The van der Waals surface area contributed by atoms with Crippen LogP contribution in [-0.2, 0) is 11.3 Å². The number of carbonyl (C=O) groups is 1. The predicted molar refractivity (Wildman–Crippen MR) is 109 cm³/mol. The first-order valence-electron chi connectivity index (χ1n) is 8.65. The van der Waals surface area contributed by atoms with Crippen LogP contribution in [0.3, 0.4) is 0 Å². The maximum atomic E-state index is 12.2. The first-order valence-corrected chi connectivity index (χ1v) is 11.2. The van der Waals surface area contributed by atoms with Gasteiger partial charge in [-0.25, -0.2) is 0 Å². The second-order valence-electron chi connectivity index (χ2n) is 6.72. The third-order valence-corrected chi connectivity index (χ3v) is 8.92. The van der Waals surface area contributed by atoms with Crippen LogP contribution >= 0.6 is 15.9 Å². The minimum absolute atomic E-state index is 0.0692. The van der Waals surface area contributed by atoms with E-state index in [1.54, 1.807) is 6.07 Å². The van der Waals surface area contributed by atoms with Gasteiger partial charge in [0.15, 0.2) is 0 Å². The van der Waals surface area contributed by atoms with E-state index in [4.69, 9.17) is 4.42 Å². The average Bonchev–Trinajstić information content (AvgIpc) is 2.98. The van der Waals surface area contributed by atoms with Crippen molar-refractivity contribution < 1.29 is 13.9 Å². The van der Waals surface area contributed by atoms with Gasteiger partial charge < -0.3 is 0 Å². The molecule has 1 fully saturated rings. The van der Waals surface area contributed by atoms with Crippen LogP contribution in [0.5, 0.6) is 0 Å². The van der Waals surface area contributed by atoms with Crippen LogP contribution in [0.4, 0.5) is 0 Å². The Morgan fingerprint density at radius 3 is 2.74 bits per heavy atom. The zero-order valence-corrected chi connectivity index (χ0v) is 18.4. The number of methoxy groups -OCH3 is 1. The second-order valence-corrected chi connectivity index (χ2v) is 9.83. The number of piperazine rings is 1. The van der Waals surface area contributed by atoms with Crippen LogP contribution in [-0.4, -0.2) is 70.6 Å². The molecule has 142 valence electrons. The van der Waals surface area contributed by atoms with Gasteiger partial charge in [0, 0.05) is 0 Å². The standard InChI is InChI=1S/C19H19BrN2O4Se/c1-21-5-7-22(8-6-21)10-14-15(20)12-4-3-11-9-13(18(23)25-2)19(24)26-16(11)17(12)27-14/h3-4,9H,5-8,10H2,1-2H3. The quantitative estimate of drug-likeness (QED) is 0.314. The van der Waals surface area contributed by atoms with E-state index in [2.05, 4.69) is 37.5 Å². The molecule has 8 heteroatoms. The molecule has 1 aliphatic rings. The van der Waals surface area contributed by atoms with Crippen LogP contribution in [0.1, 0.15) is 14.8 Å². The summed E-state index contributed by atoms with van der Waals surface area (Å²) in [5.41, 5.74) is -0.141. The molecule has 0 unspecified atom stereocenters. The third kappa shape index (κ3) is 3.52. The van der Waals surface area contributed by atoms with E-state index in [0.717, 1.165) is 52.2 Å². The first-order chi connectivity index (χ1) is 13.0. The first kappa shape index (κ1) is 18.9. The number of hydrogen-bond acceptors (Lipinski definition) is 6. The zero-order chi connectivity index (χ0) is 19.1. The van der Waals surface area contributed by atoms with Gasteiger partial charge in [-0.3, -0.25) is 0 Å². The molecule has 2 aromatic heterocycles. The van der Waals surface area contributed by atoms with E-state index >= 15 is 0 Å². The van der Waals surface area contributed by atoms with E-state index < -0.39 is 11.6 Å². The summed E-state index contributed by atoms with van der Waals surface area (Å²) in [7, 11) is 3.40. The van der Waals surface area contributed by atoms with Gasteiger partial charge in [-0.15, -0.1) is 0 Å². The number of ether oxygens (including phenoxy) is 1. The number of halogens is 1. The summed E-state index contributed by atoms with van der Waals surface area (Å²) in [5.74, 6) is -0.674. The number of hydrogen-bond donors (Lipinski definition) is 0. The van der Waals surface area contributed by atoms with Crippen molar-refractivity contribution in [2.24, 2.45) is 0 Å². The number of esters is 1. The summed E-state index contributed by atoms with van der Waals surface area (Å²) in [6.07, 6.45) is 0. The molecule has 3 aromatic rings. The molecule has 0 radical (unpaired) electrons. The van der Waals surface area contributed by atoms with Crippen molar-refractivity contribution in [2.45, 2.75) is 6.54 Å². The summed E-state index contributed by atoms with van der Waals surface area (Å²) in [5, 5.41) is 1.83. The molecule has 1 aliphatic heterocycles. The number of fused-ring (bicyclic) bond motifs is 3. The monoisotopic (exact) mass is 498 g/mol. The molecule has 0 amide bonds. The van der Waals surface area contributed by atoms with Crippen molar-refractivity contribution >= 4 is 57.0 Å². The van der Waals surface area contributed by atoms with Crippen molar-refractivity contribution in [3.63, 3.8) is 0 Å². The molecule has 4 rings (SSSR count). The van der Waals surface area contributed by atoms with Crippen molar-refractivity contribution in [1.29, 1.82) is 0 Å². The van der Waals surface area contributed by atoms with Crippen molar-refractivity contribution in [2.75, 3.05) is 40.3 Å². The molecule has 0 bridgehead atoms. The SMILES string of the molecule is COC(=O)c1cc2ccc3c(Br)c(CN4CCN(C)CC4)[se]c3c2oc1=O. The molecule has 0 N–H and O–H groups in total. The van der Waals surface area contributed by atoms with Crippen LogP contribution in [0.25, 0.3) is 20.6 Å². The Hall–Kier alpha value is -1.44. The number of nitrogens with zero attached hydrogens (tertiary/aromatic N) is 2. The molecule has 0 atom stereocenters. The van der Waals surface area contributed by atoms with E-state index in [-0.39, 0.29) is 20.1 Å². The van der Waals surface area contributed by atoms with E-state index in [1.807, 2.05) is 12.1 Å². The van der Waals surface area contributed by atoms with Gasteiger partial charge in [-0.2, -0.15) is 0 Å². The van der Waals surface area contributed by atoms with E-state index in [1.165, 1.54) is 11.5 Å². The molecule has 1 saturated heterocycles. The Bertz CT molecular complexity index is 1080. The Morgan fingerprint density at radius 2 is 2.04 bits per heavy atom. The summed E-state index contributed by atoms with van der Waals surface area (Å²) < 4.78 is 13.7. The fraction of sp³-hybridized carbons (Fsp3) is 0.368.